The van der Waals surface area contributed by atoms with Gasteiger partial charge >= 0.3 is 0 Å². The second kappa shape index (κ2) is 5.05. The number of benzene rings is 1. The average molecular weight is 252 g/mol. The van der Waals surface area contributed by atoms with Gasteiger partial charge in [0.15, 0.2) is 0 Å². The number of nitrogens with zero attached hydrogens (tertiary/aromatic N) is 1. The molecule has 1 fully saturated rings. The molecule has 0 spiro atoms. The molecule has 1 heterocycles. The molecule has 0 aromatic heterocycles. The van der Waals surface area contributed by atoms with E-state index in [1.54, 1.807) is 24.3 Å². The molecule has 0 radical (unpaired) electrons. The summed E-state index contributed by atoms with van der Waals surface area (Å²) >= 11 is 6.05. The van der Waals surface area contributed by atoms with Gasteiger partial charge in [-0.3, -0.25) is 0 Å². The molecule has 1 aliphatic heterocycles. The van der Waals surface area contributed by atoms with Gasteiger partial charge in [0.2, 0.25) is 0 Å². The van der Waals surface area contributed by atoms with Crippen molar-refractivity contribution < 1.29 is 9.84 Å². The number of rotatable bonds is 2. The standard InChI is InChI=1S/C13H14ClNO2/c14-11-5-2-1-4-10(11)12(16)13(8-15)6-3-7-17-9-13/h1-2,4-5,12,16H,3,6-7,9H2. The molecule has 1 aromatic carbocycles. The van der Waals surface area contributed by atoms with E-state index >= 15 is 0 Å². The molecular weight excluding hydrogens is 238 g/mol. The lowest BCUT2D eigenvalue weighted by atomic mass is 9.76. The van der Waals surface area contributed by atoms with Crippen molar-refractivity contribution in [2.45, 2.75) is 18.9 Å². The Bertz CT molecular complexity index is 435. The Morgan fingerprint density at radius 1 is 1.47 bits per heavy atom. The van der Waals surface area contributed by atoms with Gasteiger partial charge < -0.3 is 9.84 Å². The van der Waals surface area contributed by atoms with Gasteiger partial charge in [-0.1, -0.05) is 29.8 Å². The molecule has 1 aromatic rings. The summed E-state index contributed by atoms with van der Waals surface area (Å²) in [5, 5.41) is 20.2. The first-order valence-corrected chi connectivity index (χ1v) is 5.99. The molecule has 1 saturated heterocycles. The maximum absolute atomic E-state index is 10.4. The van der Waals surface area contributed by atoms with E-state index < -0.39 is 11.5 Å². The maximum Gasteiger partial charge on any atom is 0.111 e. The van der Waals surface area contributed by atoms with E-state index in [9.17, 15) is 10.4 Å². The first kappa shape index (κ1) is 12.4. The third-order valence-corrected chi connectivity index (χ3v) is 3.56. The molecular formula is C13H14ClNO2. The second-order valence-electron chi connectivity index (χ2n) is 4.35. The quantitative estimate of drug-likeness (QED) is 0.879. The van der Waals surface area contributed by atoms with E-state index in [-0.39, 0.29) is 6.61 Å². The Labute approximate surface area is 106 Å². The van der Waals surface area contributed by atoms with Gasteiger partial charge in [-0.15, -0.1) is 0 Å². The van der Waals surface area contributed by atoms with Crippen molar-refractivity contribution >= 4 is 11.6 Å². The molecule has 1 aliphatic rings. The van der Waals surface area contributed by atoms with Crippen molar-refractivity contribution in [1.29, 1.82) is 5.26 Å². The molecule has 0 saturated carbocycles. The highest BCUT2D eigenvalue weighted by molar-refractivity contribution is 6.31. The minimum Gasteiger partial charge on any atom is -0.387 e. The van der Waals surface area contributed by atoms with Crippen molar-refractivity contribution in [2.75, 3.05) is 13.2 Å². The Kier molecular flexibility index (Phi) is 3.68. The number of hydrogen-bond donors (Lipinski definition) is 1. The number of halogens is 1. The second-order valence-corrected chi connectivity index (χ2v) is 4.76. The highest BCUT2D eigenvalue weighted by Crippen LogP contribution is 2.42. The fourth-order valence-corrected chi connectivity index (χ4v) is 2.41. The van der Waals surface area contributed by atoms with Gasteiger partial charge in [0.05, 0.1) is 12.7 Å². The Morgan fingerprint density at radius 2 is 2.24 bits per heavy atom. The molecule has 2 unspecified atom stereocenters. The summed E-state index contributed by atoms with van der Waals surface area (Å²) in [4.78, 5) is 0. The fraction of sp³-hybridized carbons (Fsp3) is 0.462. The first-order valence-electron chi connectivity index (χ1n) is 5.61. The lowest BCUT2D eigenvalue weighted by Crippen LogP contribution is -2.36. The van der Waals surface area contributed by atoms with E-state index in [4.69, 9.17) is 16.3 Å². The van der Waals surface area contributed by atoms with Crippen LogP contribution in [0.5, 0.6) is 0 Å². The summed E-state index contributed by atoms with van der Waals surface area (Å²) in [5.74, 6) is 0. The number of nitriles is 1. The van der Waals surface area contributed by atoms with Crippen LogP contribution in [0.25, 0.3) is 0 Å². The summed E-state index contributed by atoms with van der Waals surface area (Å²) < 4.78 is 5.33. The Hall–Kier alpha value is -1.08. The van der Waals surface area contributed by atoms with Crippen LogP contribution in [0.2, 0.25) is 5.02 Å². The summed E-state index contributed by atoms with van der Waals surface area (Å²) in [6.45, 7) is 0.911. The van der Waals surface area contributed by atoms with Crippen molar-refractivity contribution in [3.63, 3.8) is 0 Å². The van der Waals surface area contributed by atoms with E-state index in [2.05, 4.69) is 6.07 Å². The summed E-state index contributed by atoms with van der Waals surface area (Å²) in [7, 11) is 0. The Balaban J connectivity index is 2.32. The monoisotopic (exact) mass is 251 g/mol. The molecule has 17 heavy (non-hydrogen) atoms. The minimum atomic E-state index is -0.901. The van der Waals surface area contributed by atoms with Crippen LogP contribution in [-0.4, -0.2) is 18.3 Å². The molecule has 1 N–H and O–H groups in total. The van der Waals surface area contributed by atoms with Gasteiger partial charge in [0.25, 0.3) is 0 Å². The predicted octanol–water partition coefficient (Wildman–Crippen LogP) is 2.69. The zero-order valence-electron chi connectivity index (χ0n) is 9.40. The zero-order chi connectivity index (χ0) is 12.3. The fourth-order valence-electron chi connectivity index (χ4n) is 2.18. The van der Waals surface area contributed by atoms with Crippen molar-refractivity contribution in [2.24, 2.45) is 5.41 Å². The number of hydrogen-bond acceptors (Lipinski definition) is 3. The summed E-state index contributed by atoms with van der Waals surface area (Å²) in [5.41, 5.74) is -0.273. The zero-order valence-corrected chi connectivity index (χ0v) is 10.2. The largest absolute Gasteiger partial charge is 0.387 e. The SMILES string of the molecule is N#CC1(C(O)c2ccccc2Cl)CCCOC1. The van der Waals surface area contributed by atoms with Gasteiger partial charge in [0, 0.05) is 17.2 Å². The molecule has 0 aliphatic carbocycles. The van der Waals surface area contributed by atoms with Crippen LogP contribution in [0.4, 0.5) is 0 Å². The van der Waals surface area contributed by atoms with Crippen LogP contribution in [-0.2, 0) is 4.74 Å². The van der Waals surface area contributed by atoms with Gasteiger partial charge in [-0.25, -0.2) is 0 Å². The third-order valence-electron chi connectivity index (χ3n) is 3.22. The first-order chi connectivity index (χ1) is 8.19. The topological polar surface area (TPSA) is 53.2 Å². The van der Waals surface area contributed by atoms with Gasteiger partial charge in [-0.2, -0.15) is 5.26 Å². The highest BCUT2D eigenvalue weighted by Gasteiger charge is 2.41. The number of ether oxygens (including phenoxy) is 1. The lowest BCUT2D eigenvalue weighted by Gasteiger charge is -2.35. The summed E-state index contributed by atoms with van der Waals surface area (Å²) in [6.07, 6.45) is 0.520. The van der Waals surface area contributed by atoms with Crippen LogP contribution in [0.1, 0.15) is 24.5 Å². The van der Waals surface area contributed by atoms with Crippen LogP contribution in [0, 0.1) is 16.7 Å². The number of aliphatic hydroxyl groups excluding tert-OH is 1. The smallest absolute Gasteiger partial charge is 0.111 e. The number of aliphatic hydroxyl groups is 1. The van der Waals surface area contributed by atoms with E-state index in [0.717, 1.165) is 6.42 Å². The summed E-state index contributed by atoms with van der Waals surface area (Å²) in [6, 6.07) is 9.28. The maximum atomic E-state index is 10.4. The minimum absolute atomic E-state index is 0.260. The van der Waals surface area contributed by atoms with Crippen LogP contribution in [0.3, 0.4) is 0 Å². The Morgan fingerprint density at radius 3 is 2.82 bits per heavy atom. The van der Waals surface area contributed by atoms with Crippen molar-refractivity contribution in [1.82, 2.24) is 0 Å². The molecule has 4 heteroatoms. The highest BCUT2D eigenvalue weighted by atomic mass is 35.5. The van der Waals surface area contributed by atoms with Crippen LogP contribution >= 0.6 is 11.6 Å². The van der Waals surface area contributed by atoms with E-state index in [1.165, 1.54) is 0 Å². The van der Waals surface area contributed by atoms with Crippen LogP contribution < -0.4 is 0 Å². The molecule has 3 nitrogen and oxygen atoms in total. The third kappa shape index (κ3) is 2.30. The van der Waals surface area contributed by atoms with Gasteiger partial charge in [-0.05, 0) is 18.9 Å². The average Bonchev–Trinajstić information content (AvgIpc) is 2.39. The van der Waals surface area contributed by atoms with Gasteiger partial charge in [0.1, 0.15) is 11.5 Å². The lowest BCUT2D eigenvalue weighted by molar-refractivity contribution is -0.0505. The molecule has 2 rings (SSSR count). The normalized spacial score (nSPS) is 26.2. The van der Waals surface area contributed by atoms with Crippen molar-refractivity contribution in [3.05, 3.63) is 34.9 Å². The molecule has 0 bridgehead atoms. The molecule has 90 valence electrons. The molecule has 2 atom stereocenters. The molecule has 0 amide bonds. The predicted molar refractivity (Wildman–Crippen MR) is 64.5 cm³/mol. The van der Waals surface area contributed by atoms with E-state index in [1.807, 2.05) is 0 Å². The van der Waals surface area contributed by atoms with Crippen LogP contribution in [0.15, 0.2) is 24.3 Å². The van der Waals surface area contributed by atoms with E-state index in [0.29, 0.717) is 23.6 Å². The van der Waals surface area contributed by atoms with Crippen molar-refractivity contribution in [3.8, 4) is 6.07 Å².